The van der Waals surface area contributed by atoms with Crippen LogP contribution in [0.15, 0.2) is 12.2 Å². The van der Waals surface area contributed by atoms with Gasteiger partial charge in [0.25, 0.3) is 0 Å². The molecule has 3 N–H and O–H groups in total. The lowest BCUT2D eigenvalue weighted by Gasteiger charge is -2.19. The molecule has 0 fully saturated rings. The van der Waals surface area contributed by atoms with Gasteiger partial charge in [0.05, 0.1) is 13.2 Å². The lowest BCUT2D eigenvalue weighted by Crippen LogP contribution is -2.29. The van der Waals surface area contributed by atoms with Crippen molar-refractivity contribution >= 4 is 19.8 Å². The van der Waals surface area contributed by atoms with Crippen molar-refractivity contribution in [1.29, 1.82) is 0 Å². The number of ether oxygens (including phenoxy) is 2. The van der Waals surface area contributed by atoms with E-state index < -0.39 is 26.5 Å². The van der Waals surface area contributed by atoms with Crippen molar-refractivity contribution in [3.63, 3.8) is 0 Å². The molecule has 0 aromatic heterocycles. The minimum atomic E-state index is -4.36. The van der Waals surface area contributed by atoms with Gasteiger partial charge in [-0.1, -0.05) is 135 Å². The highest BCUT2D eigenvalue weighted by atomic mass is 31.2. The standard InChI is InChI=1S/C35H68NO8P/c1-3-5-7-9-11-13-15-16-17-18-20-21-23-25-27-34(37)41-31-33(32-43-45(39,40)42-30-29-36)44-35(38)28-26-24-22-19-14-12-10-8-6-4-2/h8,10,33H,3-7,9,11-32,36H2,1-2H3,(H,39,40)/b10-8-. The number of phosphoric ester groups is 1. The van der Waals surface area contributed by atoms with Gasteiger partial charge in [-0.05, 0) is 32.1 Å². The zero-order valence-corrected chi connectivity index (χ0v) is 29.8. The molecular weight excluding hydrogens is 593 g/mol. The van der Waals surface area contributed by atoms with Crippen LogP contribution in [0.1, 0.15) is 168 Å². The summed E-state index contributed by atoms with van der Waals surface area (Å²) in [7, 11) is -4.36. The summed E-state index contributed by atoms with van der Waals surface area (Å²) < 4.78 is 32.5. The normalized spacial score (nSPS) is 13.6. The van der Waals surface area contributed by atoms with Crippen LogP contribution in [0.25, 0.3) is 0 Å². The third kappa shape index (κ3) is 32.5. The van der Waals surface area contributed by atoms with E-state index in [0.717, 1.165) is 57.8 Å². The minimum absolute atomic E-state index is 0.0543. The number of rotatable bonds is 34. The van der Waals surface area contributed by atoms with Crippen molar-refractivity contribution in [2.75, 3.05) is 26.4 Å². The molecule has 0 saturated carbocycles. The maximum Gasteiger partial charge on any atom is 0.472 e. The fraction of sp³-hybridized carbons (Fsp3) is 0.886. The average molecular weight is 662 g/mol. The van der Waals surface area contributed by atoms with E-state index in [0.29, 0.717) is 6.42 Å². The average Bonchev–Trinajstić information content (AvgIpc) is 3.02. The smallest absolute Gasteiger partial charge is 0.462 e. The topological polar surface area (TPSA) is 134 Å². The fourth-order valence-electron chi connectivity index (χ4n) is 4.93. The second kappa shape index (κ2) is 32.7. The summed E-state index contributed by atoms with van der Waals surface area (Å²) in [5.41, 5.74) is 5.32. The Labute approximate surface area is 275 Å². The lowest BCUT2D eigenvalue weighted by molar-refractivity contribution is -0.161. The molecule has 0 bridgehead atoms. The molecule has 0 aliphatic rings. The van der Waals surface area contributed by atoms with Gasteiger partial charge >= 0.3 is 19.8 Å². The molecule has 0 amide bonds. The second-order valence-corrected chi connectivity index (χ2v) is 13.5. The Morgan fingerprint density at radius 3 is 1.67 bits per heavy atom. The van der Waals surface area contributed by atoms with E-state index in [1.807, 2.05) is 0 Å². The summed E-state index contributed by atoms with van der Waals surface area (Å²) in [6, 6.07) is 0. The summed E-state index contributed by atoms with van der Waals surface area (Å²) in [4.78, 5) is 34.6. The largest absolute Gasteiger partial charge is 0.472 e. The third-order valence-electron chi connectivity index (χ3n) is 7.63. The summed E-state index contributed by atoms with van der Waals surface area (Å²) in [6.07, 6.45) is 29.6. The third-order valence-corrected chi connectivity index (χ3v) is 8.62. The molecule has 0 spiro atoms. The second-order valence-electron chi connectivity index (χ2n) is 12.1. The van der Waals surface area contributed by atoms with E-state index in [2.05, 4.69) is 26.0 Å². The van der Waals surface area contributed by atoms with E-state index >= 15 is 0 Å². The Bertz CT molecular complexity index is 764. The number of nitrogens with two attached hydrogens (primary N) is 1. The van der Waals surface area contributed by atoms with Crippen molar-refractivity contribution in [3.8, 4) is 0 Å². The number of phosphoric acid groups is 1. The Morgan fingerprint density at radius 1 is 0.644 bits per heavy atom. The Kier molecular flexibility index (Phi) is 31.8. The van der Waals surface area contributed by atoms with Crippen LogP contribution in [0.3, 0.4) is 0 Å². The molecule has 0 radical (unpaired) electrons. The van der Waals surface area contributed by atoms with Gasteiger partial charge in [-0.15, -0.1) is 0 Å². The molecule has 10 heteroatoms. The van der Waals surface area contributed by atoms with Crippen LogP contribution in [-0.2, 0) is 32.7 Å². The number of allylic oxidation sites excluding steroid dienone is 2. The van der Waals surface area contributed by atoms with E-state index in [1.54, 1.807) is 0 Å². The number of carbonyl (C=O) groups excluding carboxylic acids is 2. The first kappa shape index (κ1) is 43.8. The van der Waals surface area contributed by atoms with Gasteiger partial charge in [0.15, 0.2) is 6.10 Å². The lowest BCUT2D eigenvalue weighted by atomic mass is 10.0. The molecule has 0 saturated heterocycles. The van der Waals surface area contributed by atoms with E-state index in [4.69, 9.17) is 24.3 Å². The molecule has 2 unspecified atom stereocenters. The summed E-state index contributed by atoms with van der Waals surface area (Å²) in [5, 5.41) is 0. The van der Waals surface area contributed by atoms with Crippen LogP contribution >= 0.6 is 7.82 Å². The van der Waals surface area contributed by atoms with Crippen molar-refractivity contribution in [2.24, 2.45) is 5.73 Å². The number of esters is 2. The van der Waals surface area contributed by atoms with E-state index in [9.17, 15) is 19.0 Å². The minimum Gasteiger partial charge on any atom is -0.462 e. The predicted octanol–water partition coefficient (Wildman–Crippen LogP) is 9.49. The molecule has 0 aromatic carbocycles. The molecular formula is C35H68NO8P. The molecule has 266 valence electrons. The molecule has 9 nitrogen and oxygen atoms in total. The SMILES string of the molecule is CCC/C=C\CCCCCCCC(=O)OC(COC(=O)CCCCCCCCCCCCCCCC)COP(=O)(O)OCCN. The zero-order chi connectivity index (χ0) is 33.3. The predicted molar refractivity (Wildman–Crippen MR) is 183 cm³/mol. The Balaban J connectivity index is 4.21. The summed E-state index contributed by atoms with van der Waals surface area (Å²) >= 11 is 0. The van der Waals surface area contributed by atoms with Crippen LogP contribution in [0.2, 0.25) is 0 Å². The van der Waals surface area contributed by atoms with Crippen molar-refractivity contribution in [2.45, 2.75) is 174 Å². The van der Waals surface area contributed by atoms with E-state index in [1.165, 1.54) is 77.0 Å². The maximum atomic E-state index is 12.4. The molecule has 0 rings (SSSR count). The molecule has 0 aliphatic heterocycles. The van der Waals surface area contributed by atoms with Crippen LogP contribution in [0, 0.1) is 0 Å². The molecule has 0 heterocycles. The highest BCUT2D eigenvalue weighted by Gasteiger charge is 2.25. The van der Waals surface area contributed by atoms with Gasteiger partial charge in [0, 0.05) is 19.4 Å². The van der Waals surface area contributed by atoms with Crippen molar-refractivity contribution in [1.82, 2.24) is 0 Å². The zero-order valence-electron chi connectivity index (χ0n) is 28.9. The molecule has 2 atom stereocenters. The first-order valence-electron chi connectivity index (χ1n) is 18.2. The highest BCUT2D eigenvalue weighted by Crippen LogP contribution is 2.43. The van der Waals surface area contributed by atoms with Crippen LogP contribution in [0.4, 0.5) is 0 Å². The quantitative estimate of drug-likeness (QED) is 0.0299. The number of carbonyl (C=O) groups is 2. The highest BCUT2D eigenvalue weighted by molar-refractivity contribution is 7.47. The van der Waals surface area contributed by atoms with Gasteiger partial charge in [-0.3, -0.25) is 18.6 Å². The van der Waals surface area contributed by atoms with Gasteiger partial charge < -0.3 is 20.1 Å². The Hall–Kier alpha value is -1.25. The van der Waals surface area contributed by atoms with Gasteiger partial charge in [0.1, 0.15) is 6.61 Å². The Morgan fingerprint density at radius 2 is 1.13 bits per heavy atom. The maximum absolute atomic E-state index is 12.4. The van der Waals surface area contributed by atoms with Crippen LogP contribution in [0.5, 0.6) is 0 Å². The van der Waals surface area contributed by atoms with Crippen molar-refractivity contribution < 1.29 is 37.6 Å². The van der Waals surface area contributed by atoms with Gasteiger partial charge in [-0.2, -0.15) is 0 Å². The van der Waals surface area contributed by atoms with Crippen LogP contribution < -0.4 is 5.73 Å². The number of hydrogen-bond acceptors (Lipinski definition) is 8. The number of hydrogen-bond donors (Lipinski definition) is 2. The number of unbranched alkanes of at least 4 members (excludes halogenated alkanes) is 19. The molecule has 0 aromatic rings. The van der Waals surface area contributed by atoms with E-state index in [-0.39, 0.29) is 38.6 Å². The fourth-order valence-corrected chi connectivity index (χ4v) is 5.70. The summed E-state index contributed by atoms with van der Waals surface area (Å²) in [5.74, 6) is -0.837. The van der Waals surface area contributed by atoms with Crippen LogP contribution in [-0.4, -0.2) is 49.3 Å². The van der Waals surface area contributed by atoms with Gasteiger partial charge in [-0.25, -0.2) is 4.57 Å². The molecule has 45 heavy (non-hydrogen) atoms. The monoisotopic (exact) mass is 661 g/mol. The molecule has 0 aliphatic carbocycles. The van der Waals surface area contributed by atoms with Crippen molar-refractivity contribution in [3.05, 3.63) is 12.2 Å². The first-order chi connectivity index (χ1) is 21.8. The summed E-state index contributed by atoms with van der Waals surface area (Å²) in [6.45, 7) is 3.65. The van der Waals surface area contributed by atoms with Gasteiger partial charge in [0.2, 0.25) is 0 Å². The first-order valence-corrected chi connectivity index (χ1v) is 19.7.